The standard InChI is InChI=1S/C27H29N3O2/c1-2-21-8-10-22(11-9-21)23-12-14-24(15-13-23)27(32)28-20-26(31)30-18-16-29(17-19-30)25-6-4-3-5-7-25/h3-15H,2,16-20H2,1H3,(H,28,32). The van der Waals surface area contributed by atoms with Gasteiger partial charge in [-0.3, -0.25) is 9.59 Å². The van der Waals surface area contributed by atoms with Crippen molar-refractivity contribution in [1.29, 1.82) is 0 Å². The molecular weight excluding hydrogens is 398 g/mol. The monoisotopic (exact) mass is 427 g/mol. The van der Waals surface area contributed by atoms with Crippen molar-refractivity contribution in [3.05, 3.63) is 90.0 Å². The predicted molar refractivity (Wildman–Crippen MR) is 129 cm³/mol. The fourth-order valence-electron chi connectivity index (χ4n) is 3.97. The number of rotatable bonds is 6. The molecule has 3 aromatic rings. The Morgan fingerprint density at radius 1 is 0.781 bits per heavy atom. The zero-order valence-electron chi connectivity index (χ0n) is 18.5. The van der Waals surface area contributed by atoms with Crippen LogP contribution in [0.3, 0.4) is 0 Å². The van der Waals surface area contributed by atoms with Gasteiger partial charge in [0.1, 0.15) is 0 Å². The van der Waals surface area contributed by atoms with Crippen molar-refractivity contribution >= 4 is 17.5 Å². The first-order valence-electron chi connectivity index (χ1n) is 11.2. The van der Waals surface area contributed by atoms with Crippen LogP contribution in [0.1, 0.15) is 22.8 Å². The van der Waals surface area contributed by atoms with Crippen molar-refractivity contribution in [3.63, 3.8) is 0 Å². The summed E-state index contributed by atoms with van der Waals surface area (Å²) in [7, 11) is 0. The summed E-state index contributed by atoms with van der Waals surface area (Å²) in [5, 5.41) is 2.77. The van der Waals surface area contributed by atoms with Crippen molar-refractivity contribution in [2.24, 2.45) is 0 Å². The molecule has 0 radical (unpaired) electrons. The molecule has 32 heavy (non-hydrogen) atoms. The second-order valence-corrected chi connectivity index (χ2v) is 8.01. The Morgan fingerprint density at radius 2 is 1.38 bits per heavy atom. The molecule has 0 unspecified atom stereocenters. The molecule has 1 saturated heterocycles. The third kappa shape index (κ3) is 5.17. The molecule has 0 saturated carbocycles. The summed E-state index contributed by atoms with van der Waals surface area (Å²) in [6.45, 7) is 5.07. The van der Waals surface area contributed by atoms with E-state index in [4.69, 9.17) is 0 Å². The number of hydrogen-bond donors (Lipinski definition) is 1. The van der Waals surface area contributed by atoms with Crippen LogP contribution in [-0.4, -0.2) is 49.4 Å². The molecule has 164 valence electrons. The summed E-state index contributed by atoms with van der Waals surface area (Å²) < 4.78 is 0. The van der Waals surface area contributed by atoms with Crippen LogP contribution in [0.5, 0.6) is 0 Å². The first-order valence-corrected chi connectivity index (χ1v) is 11.2. The first kappa shape index (κ1) is 21.6. The Hall–Kier alpha value is -3.60. The van der Waals surface area contributed by atoms with E-state index >= 15 is 0 Å². The third-order valence-corrected chi connectivity index (χ3v) is 6.00. The zero-order valence-corrected chi connectivity index (χ0v) is 18.5. The highest BCUT2D eigenvalue weighted by atomic mass is 16.2. The quantitative estimate of drug-likeness (QED) is 0.647. The molecule has 0 aromatic heterocycles. The van der Waals surface area contributed by atoms with Gasteiger partial charge >= 0.3 is 0 Å². The summed E-state index contributed by atoms with van der Waals surface area (Å²) in [6.07, 6.45) is 1.01. The van der Waals surface area contributed by atoms with E-state index < -0.39 is 0 Å². The zero-order chi connectivity index (χ0) is 22.3. The van der Waals surface area contributed by atoms with Crippen molar-refractivity contribution in [2.75, 3.05) is 37.6 Å². The van der Waals surface area contributed by atoms with Gasteiger partial charge in [-0.25, -0.2) is 0 Å². The summed E-state index contributed by atoms with van der Waals surface area (Å²) in [5.74, 6) is -0.271. The molecule has 1 heterocycles. The molecule has 1 aliphatic rings. The number of hydrogen-bond acceptors (Lipinski definition) is 3. The van der Waals surface area contributed by atoms with Gasteiger partial charge < -0.3 is 15.1 Å². The van der Waals surface area contributed by atoms with E-state index in [0.717, 1.165) is 30.6 Å². The molecule has 4 rings (SSSR count). The van der Waals surface area contributed by atoms with Crippen LogP contribution < -0.4 is 10.2 Å². The van der Waals surface area contributed by atoms with Crippen molar-refractivity contribution in [2.45, 2.75) is 13.3 Å². The minimum absolute atomic E-state index is 0.0183. The number of amides is 2. The van der Waals surface area contributed by atoms with Crippen LogP contribution in [0, 0.1) is 0 Å². The van der Waals surface area contributed by atoms with Crippen LogP contribution in [0.25, 0.3) is 11.1 Å². The van der Waals surface area contributed by atoms with Gasteiger partial charge in [-0.05, 0) is 47.4 Å². The van der Waals surface area contributed by atoms with Crippen LogP contribution >= 0.6 is 0 Å². The Balaban J connectivity index is 1.26. The van der Waals surface area contributed by atoms with Gasteiger partial charge in [-0.15, -0.1) is 0 Å². The van der Waals surface area contributed by atoms with Crippen molar-refractivity contribution < 1.29 is 9.59 Å². The normalized spacial score (nSPS) is 13.7. The van der Waals surface area contributed by atoms with E-state index in [0.29, 0.717) is 18.7 Å². The Labute approximate surface area is 189 Å². The average molecular weight is 428 g/mol. The fourth-order valence-corrected chi connectivity index (χ4v) is 3.97. The lowest BCUT2D eigenvalue weighted by molar-refractivity contribution is -0.130. The lowest BCUT2D eigenvalue weighted by Gasteiger charge is -2.36. The minimum atomic E-state index is -0.228. The lowest BCUT2D eigenvalue weighted by Crippen LogP contribution is -2.51. The summed E-state index contributed by atoms with van der Waals surface area (Å²) in [4.78, 5) is 29.2. The topological polar surface area (TPSA) is 52.7 Å². The highest BCUT2D eigenvalue weighted by molar-refractivity contribution is 5.96. The van der Waals surface area contributed by atoms with Gasteiger partial charge in [0.2, 0.25) is 5.91 Å². The van der Waals surface area contributed by atoms with Crippen LogP contribution in [-0.2, 0) is 11.2 Å². The molecular formula is C27H29N3O2. The first-order chi connectivity index (χ1) is 15.6. The maximum absolute atomic E-state index is 12.6. The van der Waals surface area contributed by atoms with Crippen molar-refractivity contribution in [3.8, 4) is 11.1 Å². The number of anilines is 1. The van der Waals surface area contributed by atoms with Gasteiger partial charge in [0.25, 0.3) is 5.91 Å². The number of nitrogens with zero attached hydrogens (tertiary/aromatic N) is 2. The van der Waals surface area contributed by atoms with Crippen LogP contribution in [0.4, 0.5) is 5.69 Å². The molecule has 3 aromatic carbocycles. The van der Waals surface area contributed by atoms with E-state index in [-0.39, 0.29) is 18.4 Å². The van der Waals surface area contributed by atoms with E-state index in [1.54, 1.807) is 0 Å². The molecule has 0 bridgehead atoms. The number of nitrogens with one attached hydrogen (secondary N) is 1. The average Bonchev–Trinajstić information content (AvgIpc) is 2.88. The second kappa shape index (κ2) is 10.1. The van der Waals surface area contributed by atoms with Crippen molar-refractivity contribution in [1.82, 2.24) is 10.2 Å². The molecule has 1 fully saturated rings. The maximum Gasteiger partial charge on any atom is 0.251 e. The molecule has 2 amide bonds. The van der Waals surface area contributed by atoms with Gasteiger partial charge in [0, 0.05) is 37.4 Å². The number of aryl methyl sites for hydroxylation is 1. The van der Waals surface area contributed by atoms with E-state index in [1.807, 2.05) is 47.4 Å². The van der Waals surface area contributed by atoms with Gasteiger partial charge in [-0.2, -0.15) is 0 Å². The lowest BCUT2D eigenvalue weighted by atomic mass is 10.0. The largest absolute Gasteiger partial charge is 0.368 e. The molecule has 1 aliphatic heterocycles. The third-order valence-electron chi connectivity index (χ3n) is 6.00. The number of carbonyl (C=O) groups excluding carboxylic acids is 2. The van der Waals surface area contributed by atoms with E-state index in [9.17, 15) is 9.59 Å². The van der Waals surface area contributed by atoms with Gasteiger partial charge in [-0.1, -0.05) is 61.5 Å². The van der Waals surface area contributed by atoms with Crippen LogP contribution in [0.2, 0.25) is 0 Å². The molecule has 5 heteroatoms. The fraction of sp³-hybridized carbons (Fsp3) is 0.259. The molecule has 5 nitrogen and oxygen atoms in total. The van der Waals surface area contributed by atoms with E-state index in [1.165, 1.54) is 11.3 Å². The number of para-hydroxylation sites is 1. The highest BCUT2D eigenvalue weighted by Gasteiger charge is 2.21. The smallest absolute Gasteiger partial charge is 0.251 e. The Morgan fingerprint density at radius 3 is 1.97 bits per heavy atom. The van der Waals surface area contributed by atoms with E-state index in [2.05, 4.69) is 53.5 Å². The van der Waals surface area contributed by atoms with Crippen LogP contribution in [0.15, 0.2) is 78.9 Å². The Kier molecular flexibility index (Phi) is 6.85. The number of benzene rings is 3. The molecule has 1 N–H and O–H groups in total. The molecule has 0 spiro atoms. The SMILES string of the molecule is CCc1ccc(-c2ccc(C(=O)NCC(=O)N3CCN(c4ccccc4)CC3)cc2)cc1. The number of carbonyl (C=O) groups is 2. The molecule has 0 aliphatic carbocycles. The number of piperazine rings is 1. The summed E-state index contributed by atoms with van der Waals surface area (Å²) in [6, 6.07) is 26.2. The maximum atomic E-state index is 12.6. The highest BCUT2D eigenvalue weighted by Crippen LogP contribution is 2.21. The second-order valence-electron chi connectivity index (χ2n) is 8.01. The van der Waals surface area contributed by atoms with Gasteiger partial charge in [0.15, 0.2) is 0 Å². The molecule has 0 atom stereocenters. The predicted octanol–water partition coefficient (Wildman–Crippen LogP) is 3.99. The Bertz CT molecular complexity index is 1040. The van der Waals surface area contributed by atoms with Gasteiger partial charge in [0.05, 0.1) is 6.54 Å². The summed E-state index contributed by atoms with van der Waals surface area (Å²) >= 11 is 0. The minimum Gasteiger partial charge on any atom is -0.368 e. The summed E-state index contributed by atoms with van der Waals surface area (Å²) in [5.41, 5.74) is 5.23.